The van der Waals surface area contributed by atoms with Gasteiger partial charge in [-0.25, -0.2) is 4.79 Å². The summed E-state index contributed by atoms with van der Waals surface area (Å²) in [6, 6.07) is 13.2. The Morgan fingerprint density at radius 3 is 2.12 bits per heavy atom. The lowest BCUT2D eigenvalue weighted by Crippen LogP contribution is -2.00. The summed E-state index contributed by atoms with van der Waals surface area (Å²) in [5, 5.41) is 28.7. The molecule has 0 spiro atoms. The molecular formula is C21H14N2O9S2. The van der Waals surface area contributed by atoms with E-state index in [1.165, 1.54) is 18.2 Å². The van der Waals surface area contributed by atoms with Crippen LogP contribution in [0.25, 0.3) is 21.5 Å². The molecule has 0 aliphatic carbocycles. The highest BCUT2D eigenvalue weighted by Gasteiger charge is 2.20. The van der Waals surface area contributed by atoms with Gasteiger partial charge in [0.15, 0.2) is 5.75 Å². The topological polar surface area (TPSA) is 191 Å². The fourth-order valence-electron chi connectivity index (χ4n) is 3.37. The molecule has 11 nitrogen and oxygen atoms in total. The zero-order valence-corrected chi connectivity index (χ0v) is 18.4. The van der Waals surface area contributed by atoms with Crippen molar-refractivity contribution in [2.45, 2.75) is 9.79 Å². The molecule has 0 heterocycles. The molecule has 0 saturated carbocycles. The molecule has 0 bridgehead atoms. The summed E-state index contributed by atoms with van der Waals surface area (Å²) in [5.41, 5.74) is -1.05. The van der Waals surface area contributed by atoms with E-state index < -0.39 is 47.3 Å². The molecule has 0 aliphatic rings. The van der Waals surface area contributed by atoms with Gasteiger partial charge in [0.1, 0.15) is 21.8 Å². The highest BCUT2D eigenvalue weighted by molar-refractivity contribution is 7.86. The van der Waals surface area contributed by atoms with Gasteiger partial charge in [-0.05, 0) is 46.5 Å². The predicted molar refractivity (Wildman–Crippen MR) is 120 cm³/mol. The number of aromatic hydroxyl groups is 1. The van der Waals surface area contributed by atoms with Gasteiger partial charge >= 0.3 is 5.97 Å². The summed E-state index contributed by atoms with van der Waals surface area (Å²) in [7, 11) is -9.44. The van der Waals surface area contributed by atoms with Crippen LogP contribution in [0.1, 0.15) is 10.4 Å². The number of carboxylic acid groups (broad SMARTS) is 1. The molecule has 34 heavy (non-hydrogen) atoms. The normalized spacial score (nSPS) is 12.5. The minimum atomic E-state index is -4.87. The van der Waals surface area contributed by atoms with E-state index in [9.17, 15) is 40.9 Å². The van der Waals surface area contributed by atoms with Gasteiger partial charge in [0.25, 0.3) is 20.2 Å². The number of nitrogens with zero attached hydrogens (tertiary/aromatic N) is 2. The van der Waals surface area contributed by atoms with E-state index in [1.54, 1.807) is 24.3 Å². The van der Waals surface area contributed by atoms with Crippen LogP contribution in [-0.4, -0.2) is 42.1 Å². The Morgan fingerprint density at radius 1 is 0.765 bits per heavy atom. The van der Waals surface area contributed by atoms with E-state index in [0.29, 0.717) is 16.2 Å². The van der Waals surface area contributed by atoms with Crippen molar-refractivity contribution in [1.82, 2.24) is 0 Å². The first-order valence-corrected chi connectivity index (χ1v) is 12.2. The quantitative estimate of drug-likeness (QED) is 0.227. The van der Waals surface area contributed by atoms with Crippen molar-refractivity contribution < 1.29 is 40.9 Å². The number of hydrogen-bond acceptors (Lipinski definition) is 8. The van der Waals surface area contributed by atoms with E-state index in [-0.39, 0.29) is 16.8 Å². The Hall–Kier alpha value is -3.91. The second-order valence-electron chi connectivity index (χ2n) is 7.13. The average Bonchev–Trinajstić information content (AvgIpc) is 2.75. The van der Waals surface area contributed by atoms with Gasteiger partial charge in [0.05, 0.1) is 4.90 Å². The molecule has 0 fully saturated rings. The highest BCUT2D eigenvalue weighted by atomic mass is 32.2. The highest BCUT2D eigenvalue weighted by Crippen LogP contribution is 2.40. The van der Waals surface area contributed by atoms with Crippen LogP contribution in [0.3, 0.4) is 0 Å². The lowest BCUT2D eigenvalue weighted by atomic mass is 10.0. The molecule has 0 atom stereocenters. The number of azo groups is 1. The number of phenols is 1. The number of hydrogen-bond donors (Lipinski definition) is 4. The maximum Gasteiger partial charge on any atom is 0.339 e. The molecular weight excluding hydrogens is 488 g/mol. The minimum Gasteiger partial charge on any atom is -0.505 e. The van der Waals surface area contributed by atoms with Gasteiger partial charge in [-0.1, -0.05) is 30.3 Å². The molecule has 4 rings (SSSR count). The van der Waals surface area contributed by atoms with Crippen molar-refractivity contribution in [2.24, 2.45) is 10.2 Å². The second kappa shape index (κ2) is 8.14. The molecule has 4 N–H and O–H groups in total. The van der Waals surface area contributed by atoms with Crippen LogP contribution in [-0.2, 0) is 20.2 Å². The van der Waals surface area contributed by atoms with Gasteiger partial charge < -0.3 is 10.2 Å². The number of rotatable bonds is 5. The van der Waals surface area contributed by atoms with Crippen molar-refractivity contribution in [3.63, 3.8) is 0 Å². The first kappa shape index (κ1) is 23.3. The number of fused-ring (bicyclic) bond motifs is 2. The van der Waals surface area contributed by atoms with Gasteiger partial charge in [-0.2, -0.15) is 16.8 Å². The third-order valence-electron chi connectivity index (χ3n) is 4.95. The lowest BCUT2D eigenvalue weighted by Gasteiger charge is -2.09. The molecule has 0 aliphatic heterocycles. The molecule has 0 unspecified atom stereocenters. The summed E-state index contributed by atoms with van der Waals surface area (Å²) in [5.74, 6) is -2.11. The van der Waals surface area contributed by atoms with Crippen LogP contribution in [0.4, 0.5) is 11.4 Å². The van der Waals surface area contributed by atoms with Gasteiger partial charge in [0.2, 0.25) is 0 Å². The van der Waals surface area contributed by atoms with E-state index in [0.717, 1.165) is 18.2 Å². The number of aromatic carboxylic acids is 1. The van der Waals surface area contributed by atoms with Crippen LogP contribution in [0.15, 0.2) is 80.7 Å². The Balaban J connectivity index is 1.96. The molecule has 0 radical (unpaired) electrons. The second-order valence-corrected chi connectivity index (χ2v) is 9.94. The van der Waals surface area contributed by atoms with Crippen LogP contribution in [0, 0.1) is 0 Å². The predicted octanol–water partition coefficient (Wildman–Crippen LogP) is 4.31. The summed E-state index contributed by atoms with van der Waals surface area (Å²) in [6.07, 6.45) is 0. The Kier molecular flexibility index (Phi) is 5.57. The lowest BCUT2D eigenvalue weighted by molar-refractivity contribution is 0.0694. The molecule has 0 amide bonds. The van der Waals surface area contributed by atoms with E-state index >= 15 is 0 Å². The third-order valence-corrected chi connectivity index (χ3v) is 6.68. The van der Waals surface area contributed by atoms with Crippen molar-refractivity contribution in [2.75, 3.05) is 0 Å². The maximum atomic E-state index is 12.0. The van der Waals surface area contributed by atoms with Crippen LogP contribution < -0.4 is 0 Å². The first-order chi connectivity index (χ1) is 15.9. The summed E-state index contributed by atoms with van der Waals surface area (Å²) in [4.78, 5) is 10.3. The van der Waals surface area contributed by atoms with Gasteiger partial charge in [0, 0.05) is 5.39 Å². The maximum absolute atomic E-state index is 12.0. The van der Waals surface area contributed by atoms with E-state index in [1.807, 2.05) is 0 Å². The zero-order chi connectivity index (χ0) is 24.8. The fourth-order valence-corrected chi connectivity index (χ4v) is 4.53. The Labute approximate surface area is 192 Å². The average molecular weight is 502 g/mol. The summed E-state index contributed by atoms with van der Waals surface area (Å²) >= 11 is 0. The molecule has 4 aromatic carbocycles. The Morgan fingerprint density at radius 2 is 1.47 bits per heavy atom. The van der Waals surface area contributed by atoms with Gasteiger partial charge in [-0.15, -0.1) is 10.2 Å². The smallest absolute Gasteiger partial charge is 0.339 e. The van der Waals surface area contributed by atoms with Crippen molar-refractivity contribution in [3.8, 4) is 5.75 Å². The Bertz CT molecular complexity index is 1750. The van der Waals surface area contributed by atoms with Crippen LogP contribution in [0.2, 0.25) is 0 Å². The first-order valence-electron chi connectivity index (χ1n) is 9.29. The summed E-state index contributed by atoms with van der Waals surface area (Å²) in [6.45, 7) is 0. The monoisotopic (exact) mass is 502 g/mol. The summed E-state index contributed by atoms with van der Waals surface area (Å²) < 4.78 is 65.6. The van der Waals surface area contributed by atoms with Crippen LogP contribution >= 0.6 is 0 Å². The minimum absolute atomic E-state index is 0.0582. The standard InChI is InChI=1S/C21H14N2O9S2/c24-20-16(21(25)26)8-12-3-1-2-4-15(12)19(20)23-22-17-9-11-5-6-14(33(27,28)29)7-13(11)10-18(17)34(30,31)32/h1-10,24H,(H,25,26)(H,27,28,29)(H,30,31,32). The van der Waals surface area contributed by atoms with Crippen molar-refractivity contribution in [3.05, 3.63) is 66.2 Å². The molecule has 0 saturated heterocycles. The molecule has 4 aromatic rings. The number of benzene rings is 4. The largest absolute Gasteiger partial charge is 0.505 e. The van der Waals surface area contributed by atoms with E-state index in [4.69, 9.17) is 0 Å². The molecule has 174 valence electrons. The zero-order valence-electron chi connectivity index (χ0n) is 16.8. The molecule has 13 heteroatoms. The van der Waals surface area contributed by atoms with Crippen LogP contribution in [0.5, 0.6) is 5.75 Å². The van der Waals surface area contributed by atoms with Crippen molar-refractivity contribution in [1.29, 1.82) is 0 Å². The number of carbonyl (C=O) groups is 1. The van der Waals surface area contributed by atoms with E-state index in [2.05, 4.69) is 10.2 Å². The third kappa shape index (κ3) is 4.32. The van der Waals surface area contributed by atoms with Crippen molar-refractivity contribution >= 4 is 59.1 Å². The fraction of sp³-hybridized carbons (Fsp3) is 0. The SMILES string of the molecule is O=C(O)c1cc2ccccc2c(N=Nc2cc3ccc(S(=O)(=O)O)cc3cc2S(=O)(=O)O)c1O. The molecule has 0 aromatic heterocycles. The van der Waals surface area contributed by atoms with Gasteiger partial charge in [-0.3, -0.25) is 9.11 Å². The number of carboxylic acids is 1.